The molecule has 0 amide bonds. The lowest BCUT2D eigenvalue weighted by molar-refractivity contribution is 0.0959. The van der Waals surface area contributed by atoms with Crippen molar-refractivity contribution in [1.29, 1.82) is 0 Å². The fourth-order valence-corrected chi connectivity index (χ4v) is 2.31. The summed E-state index contributed by atoms with van der Waals surface area (Å²) in [5.74, 6) is -0.231. The van der Waals surface area contributed by atoms with Gasteiger partial charge in [0.2, 0.25) is 0 Å². The first kappa shape index (κ1) is 8.60. The number of rotatable bonds is 0. The zero-order valence-electron chi connectivity index (χ0n) is 8.03. The number of ketones is 1. The lowest BCUT2D eigenvalue weighted by Gasteiger charge is -2.10. The fourth-order valence-electron chi connectivity index (χ4n) is 2.31. The molecule has 0 N–H and O–H groups in total. The van der Waals surface area contributed by atoms with E-state index < -0.39 is 0 Å². The highest BCUT2D eigenvalue weighted by Gasteiger charge is 2.34. The van der Waals surface area contributed by atoms with Gasteiger partial charge in [0.1, 0.15) is 5.82 Å². The molecule has 1 aromatic carbocycles. The summed E-state index contributed by atoms with van der Waals surface area (Å²) in [4.78, 5) is 11.9. The van der Waals surface area contributed by atoms with Crippen molar-refractivity contribution in [2.75, 3.05) is 0 Å². The molecule has 74 valence electrons. The lowest BCUT2D eigenvalue weighted by Crippen LogP contribution is -2.08. The van der Waals surface area contributed by atoms with E-state index in [4.69, 9.17) is 0 Å². The molecule has 2 aliphatic rings. The van der Waals surface area contributed by atoms with Gasteiger partial charge in [-0.1, -0.05) is 18.2 Å². The van der Waals surface area contributed by atoms with Gasteiger partial charge in [0.15, 0.2) is 5.78 Å². The average Bonchev–Trinajstić information content (AvgIpc) is 2.54. The summed E-state index contributed by atoms with van der Waals surface area (Å²) < 4.78 is 13.1. The molecule has 2 aliphatic carbocycles. The second-order valence-corrected chi connectivity index (χ2v) is 3.89. The Morgan fingerprint density at radius 3 is 3.00 bits per heavy atom. The molecule has 0 aliphatic heterocycles. The van der Waals surface area contributed by atoms with E-state index in [9.17, 15) is 9.18 Å². The SMILES string of the molecule is O=C1c2ccc(F)cc2C2=CC=CCC12. The number of halogens is 1. The number of benzene rings is 1. The molecule has 1 unspecified atom stereocenters. The first-order chi connectivity index (χ1) is 7.27. The number of hydrogen-bond acceptors (Lipinski definition) is 1. The molecular weight excluding hydrogens is 191 g/mol. The monoisotopic (exact) mass is 200 g/mol. The predicted octanol–water partition coefficient (Wildman–Crippen LogP) is 2.98. The Morgan fingerprint density at radius 1 is 1.27 bits per heavy atom. The number of allylic oxidation sites excluding steroid dienone is 4. The number of carbonyl (C=O) groups is 1. The Bertz CT molecular complexity index is 511. The van der Waals surface area contributed by atoms with Gasteiger partial charge in [-0.2, -0.15) is 0 Å². The van der Waals surface area contributed by atoms with Crippen LogP contribution in [0.2, 0.25) is 0 Å². The van der Waals surface area contributed by atoms with Crippen molar-refractivity contribution in [3.8, 4) is 0 Å². The van der Waals surface area contributed by atoms with Crippen LogP contribution in [0.25, 0.3) is 5.57 Å². The first-order valence-electron chi connectivity index (χ1n) is 4.98. The second kappa shape index (κ2) is 2.89. The van der Waals surface area contributed by atoms with Crippen molar-refractivity contribution in [2.45, 2.75) is 6.42 Å². The van der Waals surface area contributed by atoms with Gasteiger partial charge in [0.25, 0.3) is 0 Å². The van der Waals surface area contributed by atoms with Gasteiger partial charge in [0.05, 0.1) is 5.92 Å². The van der Waals surface area contributed by atoms with E-state index in [1.165, 1.54) is 12.1 Å². The predicted molar refractivity (Wildman–Crippen MR) is 56.0 cm³/mol. The molecule has 15 heavy (non-hydrogen) atoms. The molecule has 2 heteroatoms. The number of Topliss-reactive ketones (excluding diaryl/α,β-unsaturated/α-hetero) is 1. The third-order valence-corrected chi connectivity index (χ3v) is 3.03. The number of fused-ring (bicyclic) bond motifs is 3. The maximum absolute atomic E-state index is 13.1. The first-order valence-corrected chi connectivity index (χ1v) is 4.98. The van der Waals surface area contributed by atoms with E-state index in [0.717, 1.165) is 17.6 Å². The van der Waals surface area contributed by atoms with E-state index in [-0.39, 0.29) is 17.5 Å². The highest BCUT2D eigenvalue weighted by Crippen LogP contribution is 2.40. The van der Waals surface area contributed by atoms with Crippen molar-refractivity contribution in [3.05, 3.63) is 53.4 Å². The van der Waals surface area contributed by atoms with Crippen molar-refractivity contribution in [1.82, 2.24) is 0 Å². The van der Waals surface area contributed by atoms with Crippen molar-refractivity contribution >= 4 is 11.4 Å². The Balaban J connectivity index is 2.26. The van der Waals surface area contributed by atoms with Crippen LogP contribution < -0.4 is 0 Å². The summed E-state index contributed by atoms with van der Waals surface area (Å²) in [7, 11) is 0. The van der Waals surface area contributed by atoms with Gasteiger partial charge in [-0.15, -0.1) is 0 Å². The maximum atomic E-state index is 13.1. The summed E-state index contributed by atoms with van der Waals surface area (Å²) in [6.07, 6.45) is 6.56. The smallest absolute Gasteiger partial charge is 0.171 e. The minimum Gasteiger partial charge on any atom is -0.293 e. The van der Waals surface area contributed by atoms with E-state index in [0.29, 0.717) is 5.56 Å². The van der Waals surface area contributed by atoms with Crippen LogP contribution in [0.3, 0.4) is 0 Å². The van der Waals surface area contributed by atoms with Crippen molar-refractivity contribution < 1.29 is 9.18 Å². The molecule has 0 saturated carbocycles. The largest absolute Gasteiger partial charge is 0.293 e. The van der Waals surface area contributed by atoms with Crippen LogP contribution >= 0.6 is 0 Å². The topological polar surface area (TPSA) is 17.1 Å². The van der Waals surface area contributed by atoms with Gasteiger partial charge in [-0.05, 0) is 35.8 Å². The minimum absolute atomic E-state index is 0.0770. The summed E-state index contributed by atoms with van der Waals surface area (Å²) in [6.45, 7) is 0. The molecule has 0 heterocycles. The van der Waals surface area contributed by atoms with Gasteiger partial charge < -0.3 is 0 Å². The molecule has 0 fully saturated rings. The van der Waals surface area contributed by atoms with Gasteiger partial charge in [-0.3, -0.25) is 4.79 Å². The van der Waals surface area contributed by atoms with Crippen LogP contribution in [0, 0.1) is 11.7 Å². The summed E-state index contributed by atoms with van der Waals surface area (Å²) in [5.41, 5.74) is 2.41. The van der Waals surface area contributed by atoms with Crippen LogP contribution in [0.1, 0.15) is 22.3 Å². The van der Waals surface area contributed by atoms with E-state index in [2.05, 4.69) is 0 Å². The van der Waals surface area contributed by atoms with Crippen molar-refractivity contribution in [3.63, 3.8) is 0 Å². The molecule has 1 aromatic rings. The third kappa shape index (κ3) is 1.11. The molecule has 0 saturated heterocycles. The fraction of sp³-hybridized carbons (Fsp3) is 0.154. The van der Waals surface area contributed by atoms with E-state index >= 15 is 0 Å². The molecule has 0 bridgehead atoms. The summed E-state index contributed by atoms with van der Waals surface area (Å²) in [5, 5.41) is 0. The van der Waals surface area contributed by atoms with Gasteiger partial charge >= 0.3 is 0 Å². The molecule has 1 atom stereocenters. The van der Waals surface area contributed by atoms with Crippen LogP contribution in [0.4, 0.5) is 4.39 Å². The quantitative estimate of drug-likeness (QED) is 0.629. The minimum atomic E-state index is -0.280. The normalized spacial score (nSPS) is 22.3. The third-order valence-electron chi connectivity index (χ3n) is 3.03. The van der Waals surface area contributed by atoms with Crippen molar-refractivity contribution in [2.24, 2.45) is 5.92 Å². The van der Waals surface area contributed by atoms with Crippen LogP contribution in [0.15, 0.2) is 36.4 Å². The highest BCUT2D eigenvalue weighted by atomic mass is 19.1. The van der Waals surface area contributed by atoms with Crippen LogP contribution in [0.5, 0.6) is 0 Å². The molecular formula is C13H9FO. The van der Waals surface area contributed by atoms with Crippen LogP contribution in [-0.2, 0) is 0 Å². The Hall–Kier alpha value is -1.70. The number of hydrogen-bond donors (Lipinski definition) is 0. The Kier molecular flexibility index (Phi) is 1.66. The second-order valence-electron chi connectivity index (χ2n) is 3.89. The van der Waals surface area contributed by atoms with Gasteiger partial charge in [-0.25, -0.2) is 4.39 Å². The zero-order valence-corrected chi connectivity index (χ0v) is 8.03. The van der Waals surface area contributed by atoms with E-state index in [1.54, 1.807) is 6.07 Å². The lowest BCUT2D eigenvalue weighted by atomic mass is 9.92. The Labute approximate surface area is 86.9 Å². The number of carbonyl (C=O) groups excluding carboxylic acids is 1. The highest BCUT2D eigenvalue weighted by molar-refractivity contribution is 6.14. The van der Waals surface area contributed by atoms with Crippen LogP contribution in [-0.4, -0.2) is 5.78 Å². The molecule has 0 aromatic heterocycles. The molecule has 0 spiro atoms. The zero-order chi connectivity index (χ0) is 10.4. The Morgan fingerprint density at radius 2 is 2.13 bits per heavy atom. The van der Waals surface area contributed by atoms with E-state index in [1.807, 2.05) is 18.2 Å². The standard InChI is InChI=1S/C13H9FO/c14-8-5-6-11-12(7-8)9-3-1-2-4-10(9)13(11)15/h1-3,5-7,10H,4H2. The maximum Gasteiger partial charge on any atom is 0.171 e. The van der Waals surface area contributed by atoms with Gasteiger partial charge in [0, 0.05) is 5.56 Å². The molecule has 1 nitrogen and oxygen atoms in total. The summed E-state index contributed by atoms with van der Waals surface area (Å²) >= 11 is 0. The average molecular weight is 200 g/mol. The molecule has 0 radical (unpaired) electrons. The summed E-state index contributed by atoms with van der Waals surface area (Å²) in [6, 6.07) is 4.40. The molecule has 3 rings (SSSR count).